The molecule has 0 bridgehead atoms. The fourth-order valence-corrected chi connectivity index (χ4v) is 0.808. The van der Waals surface area contributed by atoms with Crippen molar-refractivity contribution < 1.29 is 9.53 Å². The van der Waals surface area contributed by atoms with Crippen molar-refractivity contribution >= 4 is 23.3 Å². The number of esters is 1. The van der Waals surface area contributed by atoms with Crippen LogP contribution in [0.3, 0.4) is 0 Å². The van der Waals surface area contributed by atoms with Gasteiger partial charge < -0.3 is 4.74 Å². The van der Waals surface area contributed by atoms with Crippen LogP contribution in [0.1, 0.15) is 34.6 Å². The van der Waals surface area contributed by atoms with E-state index < -0.39 is 5.41 Å². The summed E-state index contributed by atoms with van der Waals surface area (Å²) < 4.78 is 5.12. The van der Waals surface area contributed by atoms with E-state index in [4.69, 9.17) is 4.74 Å². The van der Waals surface area contributed by atoms with Gasteiger partial charge in [0, 0.05) is 0 Å². The Morgan fingerprint density at radius 1 is 1.33 bits per heavy atom. The lowest BCUT2D eigenvalue weighted by atomic mass is 9.69. The number of ether oxygens (including phenoxy) is 1. The molecule has 0 rings (SSSR count). The molecule has 86 valence electrons. The molecule has 0 aromatic carbocycles. The Morgan fingerprint density at radius 3 is 2.27 bits per heavy atom. The zero-order chi connectivity index (χ0) is 12.1. The first-order valence-electron chi connectivity index (χ1n) is 4.94. The molecule has 0 amide bonds. The van der Waals surface area contributed by atoms with Gasteiger partial charge in [0.15, 0.2) is 0 Å². The highest BCUT2D eigenvalue weighted by Gasteiger charge is 2.40. The first-order chi connectivity index (χ1) is 6.73. The summed E-state index contributed by atoms with van der Waals surface area (Å²) in [7, 11) is 0. The number of carbonyl (C=O) groups is 1. The van der Waals surface area contributed by atoms with Gasteiger partial charge >= 0.3 is 5.97 Å². The summed E-state index contributed by atoms with van der Waals surface area (Å²) in [6.45, 7) is 10.5. The molecule has 0 aromatic rings. The third-order valence-corrected chi connectivity index (χ3v) is 3.02. The zero-order valence-corrected chi connectivity index (χ0v) is 10.9. The van der Waals surface area contributed by atoms with Crippen molar-refractivity contribution in [2.75, 3.05) is 13.2 Å². The van der Waals surface area contributed by atoms with E-state index in [0.29, 0.717) is 6.54 Å². The molecule has 0 atom stereocenters. The second-order valence-electron chi connectivity index (χ2n) is 4.98. The van der Waals surface area contributed by atoms with Gasteiger partial charge in [0.2, 0.25) is 0 Å². The molecule has 0 aromatic heterocycles. The molecule has 0 spiro atoms. The summed E-state index contributed by atoms with van der Waals surface area (Å²) in [5, 5.41) is 2.23. The average Bonchev–Trinajstić information content (AvgIpc) is 2.10. The maximum Gasteiger partial charge on any atom is 0.312 e. The van der Waals surface area contributed by atoms with Gasteiger partial charge in [0.05, 0.1) is 17.1 Å². The van der Waals surface area contributed by atoms with E-state index in [1.54, 1.807) is 0 Å². The number of nitrogens with zero attached hydrogens (tertiary/aromatic N) is 1. The minimum atomic E-state index is -0.506. The van der Waals surface area contributed by atoms with Crippen LogP contribution in [0.15, 0.2) is 4.99 Å². The second-order valence-corrected chi connectivity index (χ2v) is 5.17. The van der Waals surface area contributed by atoms with Gasteiger partial charge in [-0.15, -0.1) is 0 Å². The molecule has 0 radical (unpaired) electrons. The minimum absolute atomic E-state index is 0.127. The van der Waals surface area contributed by atoms with E-state index in [-0.39, 0.29) is 18.0 Å². The maximum atomic E-state index is 11.8. The molecule has 4 heteroatoms. The second kappa shape index (κ2) is 5.38. The molecule has 0 saturated heterocycles. The largest absolute Gasteiger partial charge is 0.463 e. The van der Waals surface area contributed by atoms with Gasteiger partial charge in [-0.3, -0.25) is 4.79 Å². The summed E-state index contributed by atoms with van der Waals surface area (Å²) in [6, 6.07) is 0. The number of hydrogen-bond donors (Lipinski definition) is 0. The summed E-state index contributed by atoms with van der Waals surface area (Å²) >= 11 is 4.41. The van der Waals surface area contributed by atoms with E-state index in [0.717, 1.165) is 0 Å². The molecular formula is C11H19NO2S. The van der Waals surface area contributed by atoms with Crippen LogP contribution >= 0.6 is 12.2 Å². The monoisotopic (exact) mass is 229 g/mol. The Labute approximate surface area is 96.9 Å². The SMILES string of the molecule is CC(C)(C)C(C)(C)C(=O)OCCN=C=S. The van der Waals surface area contributed by atoms with Gasteiger partial charge in [0.25, 0.3) is 0 Å². The summed E-state index contributed by atoms with van der Waals surface area (Å²) in [5.41, 5.74) is -0.633. The van der Waals surface area contributed by atoms with Crippen LogP contribution in [0, 0.1) is 10.8 Å². The normalized spacial score (nSPS) is 11.8. The third-order valence-electron chi connectivity index (χ3n) is 2.89. The Bertz CT molecular complexity index is 273. The Morgan fingerprint density at radius 2 is 1.87 bits per heavy atom. The van der Waals surface area contributed by atoms with Gasteiger partial charge in [-0.1, -0.05) is 20.8 Å². The molecule has 0 saturated carbocycles. The summed E-state index contributed by atoms with van der Waals surface area (Å²) in [6.07, 6.45) is 0. The number of carbonyl (C=O) groups excluding carboxylic acids is 1. The molecule has 0 N–H and O–H groups in total. The van der Waals surface area contributed by atoms with Gasteiger partial charge in [-0.2, -0.15) is 0 Å². The quantitative estimate of drug-likeness (QED) is 0.322. The fraction of sp³-hybridized carbons (Fsp3) is 0.818. The van der Waals surface area contributed by atoms with E-state index in [9.17, 15) is 4.79 Å². The zero-order valence-electron chi connectivity index (χ0n) is 10.1. The van der Waals surface area contributed by atoms with E-state index >= 15 is 0 Å². The number of thiocarbonyl (C=S) groups is 1. The molecule has 0 unspecified atom stereocenters. The minimum Gasteiger partial charge on any atom is -0.463 e. The smallest absolute Gasteiger partial charge is 0.312 e. The molecule has 15 heavy (non-hydrogen) atoms. The Hall–Kier alpha value is -0.730. The van der Waals surface area contributed by atoms with Gasteiger partial charge in [-0.05, 0) is 31.5 Å². The standard InChI is InChI=1S/C11H19NO2S/c1-10(2,3)11(4,5)9(13)14-7-6-12-8-15/h6-7H2,1-5H3. The van der Waals surface area contributed by atoms with E-state index in [1.807, 2.05) is 34.6 Å². The molecular weight excluding hydrogens is 210 g/mol. The highest BCUT2D eigenvalue weighted by molar-refractivity contribution is 7.78. The van der Waals surface area contributed by atoms with Crippen molar-refractivity contribution in [1.29, 1.82) is 0 Å². The predicted octanol–water partition coefficient (Wildman–Crippen LogP) is 2.70. The molecule has 0 fully saturated rings. The number of aliphatic imine (C=N–C) groups is 1. The number of rotatable bonds is 4. The predicted molar refractivity (Wildman–Crippen MR) is 64.1 cm³/mol. The molecule has 3 nitrogen and oxygen atoms in total. The molecule has 0 aliphatic heterocycles. The van der Waals surface area contributed by atoms with Crippen LogP contribution in [0.25, 0.3) is 0 Å². The maximum absolute atomic E-state index is 11.8. The fourth-order valence-electron chi connectivity index (χ4n) is 0.716. The van der Waals surface area contributed by atoms with Crippen LogP contribution < -0.4 is 0 Å². The number of hydrogen-bond acceptors (Lipinski definition) is 4. The highest BCUT2D eigenvalue weighted by Crippen LogP contribution is 2.38. The first kappa shape index (κ1) is 14.3. The Kier molecular flexibility index (Phi) is 5.12. The summed E-state index contributed by atoms with van der Waals surface area (Å²) in [4.78, 5) is 15.4. The summed E-state index contributed by atoms with van der Waals surface area (Å²) in [5.74, 6) is -0.199. The lowest BCUT2D eigenvalue weighted by Crippen LogP contribution is -2.39. The topological polar surface area (TPSA) is 38.7 Å². The molecule has 0 aliphatic carbocycles. The van der Waals surface area contributed by atoms with Crippen LogP contribution in [0.2, 0.25) is 0 Å². The van der Waals surface area contributed by atoms with Gasteiger partial charge in [-0.25, -0.2) is 4.99 Å². The van der Waals surface area contributed by atoms with Crippen molar-refractivity contribution in [2.24, 2.45) is 15.8 Å². The van der Waals surface area contributed by atoms with Crippen LogP contribution in [-0.4, -0.2) is 24.3 Å². The van der Waals surface area contributed by atoms with Crippen molar-refractivity contribution in [3.63, 3.8) is 0 Å². The Balaban J connectivity index is 4.27. The van der Waals surface area contributed by atoms with Crippen molar-refractivity contribution in [2.45, 2.75) is 34.6 Å². The van der Waals surface area contributed by atoms with Crippen molar-refractivity contribution in [3.8, 4) is 0 Å². The van der Waals surface area contributed by atoms with E-state index in [2.05, 4.69) is 22.4 Å². The molecule has 0 aliphatic rings. The lowest BCUT2D eigenvalue weighted by molar-refractivity contribution is -0.159. The van der Waals surface area contributed by atoms with Crippen LogP contribution in [-0.2, 0) is 9.53 Å². The van der Waals surface area contributed by atoms with Gasteiger partial charge in [0.1, 0.15) is 6.61 Å². The lowest BCUT2D eigenvalue weighted by Gasteiger charge is -2.36. The van der Waals surface area contributed by atoms with Crippen molar-refractivity contribution in [1.82, 2.24) is 0 Å². The van der Waals surface area contributed by atoms with Crippen LogP contribution in [0.5, 0.6) is 0 Å². The molecule has 0 heterocycles. The first-order valence-corrected chi connectivity index (χ1v) is 5.35. The van der Waals surface area contributed by atoms with E-state index in [1.165, 1.54) is 0 Å². The highest BCUT2D eigenvalue weighted by atomic mass is 32.1. The average molecular weight is 229 g/mol. The number of isothiocyanates is 1. The van der Waals surface area contributed by atoms with Crippen molar-refractivity contribution in [3.05, 3.63) is 0 Å². The third kappa shape index (κ3) is 4.10. The van der Waals surface area contributed by atoms with Crippen LogP contribution in [0.4, 0.5) is 0 Å².